The maximum atomic E-state index is 14.3. The van der Waals surface area contributed by atoms with Gasteiger partial charge in [0.15, 0.2) is 11.6 Å². The highest BCUT2D eigenvalue weighted by Gasteiger charge is 2.26. The third kappa shape index (κ3) is 6.95. The van der Waals surface area contributed by atoms with Gasteiger partial charge in [0.05, 0.1) is 10.8 Å². The lowest BCUT2D eigenvalue weighted by Crippen LogP contribution is -2.36. The van der Waals surface area contributed by atoms with Crippen molar-refractivity contribution in [1.29, 1.82) is 0 Å². The van der Waals surface area contributed by atoms with Crippen LogP contribution in [0.5, 0.6) is 0 Å². The van der Waals surface area contributed by atoms with Crippen molar-refractivity contribution in [3.8, 4) is 0 Å². The molecule has 1 aliphatic heterocycles. The van der Waals surface area contributed by atoms with Crippen LogP contribution in [0.2, 0.25) is 0 Å². The summed E-state index contributed by atoms with van der Waals surface area (Å²) in [4.78, 5) is 18.7. The number of aryl methyl sites for hydroxylation is 1. The number of piperidine rings is 1. The first kappa shape index (κ1) is 29.6. The Hall–Kier alpha value is -2.90. The van der Waals surface area contributed by atoms with Gasteiger partial charge >= 0.3 is 0 Å². The highest BCUT2D eigenvalue weighted by atomic mass is 32.2. The van der Waals surface area contributed by atoms with E-state index in [4.69, 9.17) is 0 Å². The maximum Gasteiger partial charge on any atom is 0.253 e. The standard InChI is InChI=1S/C34H40F2N2O2S/c1-37(34(39)30-12-7-9-24-8-3-4-10-28(24)30)23-27(26-14-15-31(35)32(36)22-26)18-21-38-19-16-25(17-20-38)29-11-5-6-13-33(29)41(2)40/h5-7,9,11-15,22,25,27H,3-4,8,10,16-21,23H2,1-2H3. The number of carbonyl (C=O) groups is 1. The minimum atomic E-state index is -1.01. The van der Waals surface area contributed by atoms with E-state index in [0.717, 1.165) is 80.6 Å². The summed E-state index contributed by atoms with van der Waals surface area (Å²) < 4.78 is 40.3. The van der Waals surface area contributed by atoms with Gasteiger partial charge in [0.1, 0.15) is 0 Å². The molecule has 4 nitrogen and oxygen atoms in total. The number of likely N-dealkylation sites (tertiary alicyclic amines) is 1. The van der Waals surface area contributed by atoms with Crippen molar-refractivity contribution in [3.63, 3.8) is 0 Å². The number of fused-ring (bicyclic) bond motifs is 1. The van der Waals surface area contributed by atoms with Crippen LogP contribution < -0.4 is 0 Å². The molecular weight excluding hydrogens is 538 g/mol. The van der Waals surface area contributed by atoms with Gasteiger partial charge in [-0.2, -0.15) is 0 Å². The van der Waals surface area contributed by atoms with Crippen molar-refractivity contribution in [2.24, 2.45) is 0 Å². The van der Waals surface area contributed by atoms with Crippen LogP contribution in [0.4, 0.5) is 8.78 Å². The molecule has 1 saturated heterocycles. The van der Waals surface area contributed by atoms with Crippen LogP contribution in [-0.4, -0.2) is 59.4 Å². The van der Waals surface area contributed by atoms with E-state index < -0.39 is 22.4 Å². The van der Waals surface area contributed by atoms with E-state index in [1.807, 2.05) is 37.4 Å². The van der Waals surface area contributed by atoms with Gasteiger partial charge < -0.3 is 9.80 Å². The van der Waals surface area contributed by atoms with E-state index in [-0.39, 0.29) is 11.8 Å². The smallest absolute Gasteiger partial charge is 0.253 e. The first-order chi connectivity index (χ1) is 19.8. The highest BCUT2D eigenvalue weighted by Crippen LogP contribution is 2.33. The topological polar surface area (TPSA) is 40.6 Å². The van der Waals surface area contributed by atoms with Crippen molar-refractivity contribution in [2.75, 3.05) is 39.5 Å². The van der Waals surface area contributed by atoms with Crippen LogP contribution >= 0.6 is 0 Å². The molecule has 1 fully saturated rings. The van der Waals surface area contributed by atoms with Gasteiger partial charge in [-0.05, 0) is 117 Å². The second-order valence-electron chi connectivity index (χ2n) is 11.6. The summed E-state index contributed by atoms with van der Waals surface area (Å²) in [7, 11) is 0.804. The van der Waals surface area contributed by atoms with E-state index in [1.54, 1.807) is 17.2 Å². The van der Waals surface area contributed by atoms with Gasteiger partial charge in [0.25, 0.3) is 5.91 Å². The number of nitrogens with zero attached hydrogens (tertiary/aromatic N) is 2. The minimum Gasteiger partial charge on any atom is -0.341 e. The number of amides is 1. The van der Waals surface area contributed by atoms with Crippen LogP contribution in [0.15, 0.2) is 65.6 Å². The molecule has 0 radical (unpaired) electrons. The first-order valence-corrected chi connectivity index (χ1v) is 16.3. The number of hydrogen-bond acceptors (Lipinski definition) is 3. The van der Waals surface area contributed by atoms with Crippen molar-refractivity contribution < 1.29 is 17.8 Å². The molecule has 2 atom stereocenters. The van der Waals surface area contributed by atoms with Gasteiger partial charge in [-0.25, -0.2) is 8.78 Å². The molecule has 0 spiro atoms. The number of hydrogen-bond donors (Lipinski definition) is 0. The third-order valence-corrected chi connectivity index (χ3v) is 9.92. The predicted molar refractivity (Wildman–Crippen MR) is 161 cm³/mol. The largest absolute Gasteiger partial charge is 0.341 e. The Morgan fingerprint density at radius 2 is 1.76 bits per heavy atom. The Bertz CT molecular complexity index is 1400. The summed E-state index contributed by atoms with van der Waals surface area (Å²) in [5.41, 5.74) is 5.10. The fourth-order valence-electron chi connectivity index (χ4n) is 6.62. The Labute approximate surface area is 245 Å². The third-order valence-electron chi connectivity index (χ3n) is 8.93. The van der Waals surface area contributed by atoms with E-state index in [0.29, 0.717) is 18.0 Å². The van der Waals surface area contributed by atoms with Crippen LogP contribution in [0, 0.1) is 11.6 Å². The Morgan fingerprint density at radius 3 is 2.51 bits per heavy atom. The van der Waals surface area contributed by atoms with E-state index in [1.165, 1.54) is 23.3 Å². The zero-order valence-electron chi connectivity index (χ0n) is 24.1. The van der Waals surface area contributed by atoms with Gasteiger partial charge in [0, 0.05) is 36.2 Å². The van der Waals surface area contributed by atoms with E-state index in [2.05, 4.69) is 17.0 Å². The first-order valence-electron chi connectivity index (χ1n) is 14.8. The van der Waals surface area contributed by atoms with Gasteiger partial charge in [0.2, 0.25) is 0 Å². The van der Waals surface area contributed by atoms with Crippen LogP contribution in [0.1, 0.15) is 76.6 Å². The SMILES string of the molecule is CN(CC(CCN1CCC(c2ccccc2S(C)=O)CC1)c1ccc(F)c(F)c1)C(=O)c1cccc2c1CCCC2. The maximum absolute atomic E-state index is 14.3. The van der Waals surface area contributed by atoms with Crippen molar-refractivity contribution >= 4 is 16.7 Å². The normalized spacial score (nSPS) is 17.6. The molecule has 1 heterocycles. The second-order valence-corrected chi connectivity index (χ2v) is 13.0. The minimum absolute atomic E-state index is 0.0101. The van der Waals surface area contributed by atoms with Crippen LogP contribution in [0.25, 0.3) is 0 Å². The molecule has 3 aromatic carbocycles. The lowest BCUT2D eigenvalue weighted by atomic mass is 9.87. The molecule has 0 bridgehead atoms. The molecule has 0 saturated carbocycles. The molecule has 2 unspecified atom stereocenters. The molecule has 3 aromatic rings. The number of likely N-dealkylation sites (N-methyl/N-ethyl adjacent to an activating group) is 1. The molecule has 1 aliphatic carbocycles. The number of rotatable bonds is 9. The van der Waals surface area contributed by atoms with Crippen LogP contribution in [0.3, 0.4) is 0 Å². The number of carbonyl (C=O) groups excluding carboxylic acids is 1. The van der Waals surface area contributed by atoms with Crippen molar-refractivity contribution in [1.82, 2.24) is 9.80 Å². The molecule has 0 N–H and O–H groups in total. The average Bonchev–Trinajstić information content (AvgIpc) is 3.00. The second kappa shape index (κ2) is 13.4. The lowest BCUT2D eigenvalue weighted by Gasteiger charge is -2.34. The summed E-state index contributed by atoms with van der Waals surface area (Å²) in [6.45, 7) is 3.08. The number of benzene rings is 3. The predicted octanol–water partition coefficient (Wildman–Crippen LogP) is 6.71. The molecule has 0 aromatic heterocycles. The molecule has 218 valence electrons. The fourth-order valence-corrected chi connectivity index (χ4v) is 7.45. The Kier molecular flexibility index (Phi) is 9.66. The highest BCUT2D eigenvalue weighted by molar-refractivity contribution is 7.84. The summed E-state index contributed by atoms with van der Waals surface area (Å²) in [6.07, 6.45) is 8.62. The summed E-state index contributed by atoms with van der Waals surface area (Å²) in [5, 5.41) is 0. The molecular formula is C34H40F2N2O2S. The monoisotopic (exact) mass is 578 g/mol. The number of halogens is 2. The zero-order valence-corrected chi connectivity index (χ0v) is 24.9. The van der Waals surface area contributed by atoms with Crippen LogP contribution in [-0.2, 0) is 23.6 Å². The summed E-state index contributed by atoms with van der Waals surface area (Å²) in [6, 6.07) is 18.2. The van der Waals surface area contributed by atoms with Gasteiger partial charge in [-0.15, -0.1) is 0 Å². The van der Waals surface area contributed by atoms with Gasteiger partial charge in [-0.1, -0.05) is 36.4 Å². The quantitative estimate of drug-likeness (QED) is 0.284. The van der Waals surface area contributed by atoms with E-state index >= 15 is 0 Å². The van der Waals surface area contributed by atoms with Crippen molar-refractivity contribution in [3.05, 3.63) is 100 Å². The van der Waals surface area contributed by atoms with E-state index in [9.17, 15) is 17.8 Å². The van der Waals surface area contributed by atoms with Gasteiger partial charge in [-0.3, -0.25) is 9.00 Å². The molecule has 7 heteroatoms. The van der Waals surface area contributed by atoms with Crippen molar-refractivity contribution in [2.45, 2.75) is 61.7 Å². The zero-order chi connectivity index (χ0) is 28.9. The summed E-state index contributed by atoms with van der Waals surface area (Å²) >= 11 is 0. The molecule has 1 amide bonds. The lowest BCUT2D eigenvalue weighted by molar-refractivity contribution is 0.0780. The Balaban J connectivity index is 1.26. The fraction of sp³-hybridized carbons (Fsp3) is 0.441. The average molecular weight is 579 g/mol. The Morgan fingerprint density at radius 1 is 1.00 bits per heavy atom. The summed E-state index contributed by atoms with van der Waals surface area (Å²) in [5.74, 6) is -1.47. The molecule has 5 rings (SSSR count). The molecule has 41 heavy (non-hydrogen) atoms. The molecule has 2 aliphatic rings.